The van der Waals surface area contributed by atoms with Gasteiger partial charge in [-0.25, -0.2) is 0 Å². The van der Waals surface area contributed by atoms with Gasteiger partial charge in [0.2, 0.25) is 0 Å². The minimum absolute atomic E-state index is 0.0695. The molecule has 8 heteroatoms. The lowest BCUT2D eigenvalue weighted by atomic mass is 9.97. The van der Waals surface area contributed by atoms with E-state index in [-0.39, 0.29) is 17.3 Å². The molecule has 3 heterocycles. The molecule has 1 atom stereocenters. The summed E-state index contributed by atoms with van der Waals surface area (Å²) in [5.74, 6) is 2.33. The van der Waals surface area contributed by atoms with Crippen LogP contribution in [0.3, 0.4) is 0 Å². The fourth-order valence-electron chi connectivity index (χ4n) is 6.00. The number of carbonyl (C=O) groups is 2. The molecular formula is C35H36N2O5S. The molecule has 7 nitrogen and oxygen atoms in total. The predicted molar refractivity (Wildman–Crippen MR) is 170 cm³/mol. The maximum Gasteiger partial charge on any atom is 0.290 e. The minimum atomic E-state index is -0.352. The topological polar surface area (TPSA) is 81.0 Å². The van der Waals surface area contributed by atoms with Gasteiger partial charge in [0.15, 0.2) is 0 Å². The number of piperidine rings is 1. The van der Waals surface area contributed by atoms with Crippen LogP contribution in [-0.4, -0.2) is 35.2 Å². The van der Waals surface area contributed by atoms with E-state index in [1.807, 2.05) is 42.5 Å². The Labute approximate surface area is 256 Å². The molecule has 1 aromatic heterocycles. The van der Waals surface area contributed by atoms with E-state index in [1.165, 1.54) is 5.56 Å². The van der Waals surface area contributed by atoms with Gasteiger partial charge in [-0.3, -0.25) is 19.8 Å². The van der Waals surface area contributed by atoms with Gasteiger partial charge in [0.25, 0.3) is 11.1 Å². The van der Waals surface area contributed by atoms with Gasteiger partial charge in [0, 0.05) is 29.6 Å². The first kappa shape index (κ1) is 29.1. The summed E-state index contributed by atoms with van der Waals surface area (Å²) in [5.41, 5.74) is 7.52. The molecule has 2 amide bonds. The number of likely N-dealkylation sites (tertiary alicyclic amines) is 1. The Balaban J connectivity index is 1.16. The molecular weight excluding hydrogens is 560 g/mol. The van der Waals surface area contributed by atoms with Gasteiger partial charge in [0.05, 0.1) is 4.91 Å². The van der Waals surface area contributed by atoms with Gasteiger partial charge in [-0.05, 0) is 99.3 Å². The van der Waals surface area contributed by atoms with Crippen molar-refractivity contribution in [2.45, 2.75) is 59.8 Å². The molecule has 3 aromatic carbocycles. The van der Waals surface area contributed by atoms with Crippen LogP contribution >= 0.6 is 11.8 Å². The van der Waals surface area contributed by atoms with Crippen LogP contribution in [0, 0.1) is 27.7 Å². The Morgan fingerprint density at radius 2 is 1.77 bits per heavy atom. The highest BCUT2D eigenvalue weighted by Crippen LogP contribution is 2.40. The highest BCUT2D eigenvalue weighted by atomic mass is 32.2. The molecule has 0 aliphatic carbocycles. The summed E-state index contributed by atoms with van der Waals surface area (Å²) in [6, 6.07) is 17.9. The zero-order valence-electron chi connectivity index (χ0n) is 25.0. The predicted octanol–water partition coefficient (Wildman–Crippen LogP) is 7.61. The van der Waals surface area contributed by atoms with Crippen molar-refractivity contribution in [3.63, 3.8) is 0 Å². The van der Waals surface area contributed by atoms with Crippen LogP contribution in [0.15, 0.2) is 63.9 Å². The molecule has 0 bridgehead atoms. The zero-order chi connectivity index (χ0) is 30.1. The van der Waals surface area contributed by atoms with Crippen molar-refractivity contribution >= 4 is 40.0 Å². The number of benzene rings is 3. The number of furan rings is 1. The summed E-state index contributed by atoms with van der Waals surface area (Å²) in [6.07, 6.45) is 3.83. The first-order chi connectivity index (χ1) is 20.8. The zero-order valence-corrected chi connectivity index (χ0v) is 25.8. The Kier molecular flexibility index (Phi) is 8.32. The number of hydrogen-bond donors (Lipinski definition) is 1. The van der Waals surface area contributed by atoms with E-state index in [2.05, 4.69) is 50.0 Å². The van der Waals surface area contributed by atoms with E-state index < -0.39 is 0 Å². The van der Waals surface area contributed by atoms with Crippen molar-refractivity contribution < 1.29 is 23.5 Å². The van der Waals surface area contributed by atoms with Gasteiger partial charge in [0.1, 0.15) is 35.6 Å². The van der Waals surface area contributed by atoms with Crippen LogP contribution < -0.4 is 14.8 Å². The molecule has 2 aliphatic rings. The molecule has 43 heavy (non-hydrogen) atoms. The van der Waals surface area contributed by atoms with Crippen LogP contribution in [0.5, 0.6) is 11.5 Å². The van der Waals surface area contributed by atoms with E-state index in [0.29, 0.717) is 11.5 Å². The summed E-state index contributed by atoms with van der Waals surface area (Å²) in [5, 5.41) is 3.10. The van der Waals surface area contributed by atoms with Crippen LogP contribution in [-0.2, 0) is 17.9 Å². The van der Waals surface area contributed by atoms with Crippen LogP contribution in [0.1, 0.15) is 52.0 Å². The second-order valence-corrected chi connectivity index (χ2v) is 12.4. The van der Waals surface area contributed by atoms with Crippen LogP contribution in [0.25, 0.3) is 17.0 Å². The molecule has 4 aromatic rings. The van der Waals surface area contributed by atoms with Gasteiger partial charge in [-0.15, -0.1) is 0 Å². The molecule has 0 unspecified atom stereocenters. The van der Waals surface area contributed by atoms with Crippen LogP contribution in [0.2, 0.25) is 0 Å². The average Bonchev–Trinajstić information content (AvgIpc) is 3.50. The van der Waals surface area contributed by atoms with E-state index >= 15 is 0 Å². The van der Waals surface area contributed by atoms with Crippen molar-refractivity contribution in [1.29, 1.82) is 0 Å². The number of thioether (sulfide) groups is 1. The number of carbonyl (C=O) groups excluding carboxylic acids is 2. The van der Waals surface area contributed by atoms with E-state index in [0.717, 1.165) is 100 Å². The van der Waals surface area contributed by atoms with Crippen LogP contribution in [0.4, 0.5) is 4.79 Å². The molecule has 222 valence electrons. The summed E-state index contributed by atoms with van der Waals surface area (Å²) in [7, 11) is 0. The first-order valence-electron chi connectivity index (χ1n) is 14.7. The summed E-state index contributed by atoms with van der Waals surface area (Å²) >= 11 is 0.920. The van der Waals surface area contributed by atoms with Gasteiger partial charge >= 0.3 is 0 Å². The number of ether oxygens (including phenoxy) is 2. The third-order valence-electron chi connectivity index (χ3n) is 8.36. The smallest absolute Gasteiger partial charge is 0.290 e. The average molecular weight is 597 g/mol. The molecule has 2 saturated heterocycles. The van der Waals surface area contributed by atoms with Crippen molar-refractivity contribution in [3.8, 4) is 11.5 Å². The quantitative estimate of drug-likeness (QED) is 0.210. The number of nitrogens with one attached hydrogen (secondary N) is 1. The fraction of sp³-hybridized carbons (Fsp3) is 0.314. The number of hydrogen-bond acceptors (Lipinski definition) is 7. The minimum Gasteiger partial charge on any atom is -0.489 e. The Morgan fingerprint density at radius 1 is 1.00 bits per heavy atom. The van der Waals surface area contributed by atoms with E-state index in [4.69, 9.17) is 13.9 Å². The van der Waals surface area contributed by atoms with Crippen molar-refractivity contribution in [1.82, 2.24) is 10.2 Å². The SMILES string of the molecule is Cc1oc2c(C)c(C)c(OCc3ccccc3)c(C)c2c1CN1CCC[C@@H](Oc2ccc(/C=C3/SC(=O)NC3=O)cc2)C1. The lowest BCUT2D eigenvalue weighted by Gasteiger charge is -2.33. The summed E-state index contributed by atoms with van der Waals surface area (Å²) in [6.45, 7) is 11.6. The second kappa shape index (κ2) is 12.3. The molecule has 2 aliphatic heterocycles. The Hall–Kier alpha value is -4.01. The lowest BCUT2D eigenvalue weighted by molar-refractivity contribution is -0.115. The molecule has 2 fully saturated rings. The molecule has 0 spiro atoms. The third-order valence-corrected chi connectivity index (χ3v) is 9.17. The normalized spacial score (nSPS) is 18.4. The number of fused-ring (bicyclic) bond motifs is 1. The van der Waals surface area contributed by atoms with E-state index in [1.54, 1.807) is 6.08 Å². The third kappa shape index (κ3) is 6.21. The molecule has 6 rings (SSSR count). The largest absolute Gasteiger partial charge is 0.489 e. The van der Waals surface area contributed by atoms with Crippen molar-refractivity contribution in [3.05, 3.63) is 98.6 Å². The van der Waals surface area contributed by atoms with Gasteiger partial charge < -0.3 is 13.9 Å². The van der Waals surface area contributed by atoms with Gasteiger partial charge in [-0.1, -0.05) is 42.5 Å². The highest BCUT2D eigenvalue weighted by Gasteiger charge is 2.27. The maximum absolute atomic E-state index is 11.8. The first-order valence-corrected chi connectivity index (χ1v) is 15.5. The standard InChI is InChI=1S/C35H36N2O5S/c1-21-22(2)33-31(23(3)32(21)40-20-26-9-6-5-7-10-26)29(24(4)41-33)19-37-16-8-11-28(18-37)42-27-14-12-25(13-15-27)17-30-34(38)36-35(39)43-30/h5-7,9-10,12-15,17,28H,8,11,16,18-20H2,1-4H3,(H,36,38,39)/b30-17+/t28-/m1/s1. The van der Waals surface area contributed by atoms with Gasteiger partial charge in [-0.2, -0.15) is 0 Å². The fourth-order valence-corrected chi connectivity index (χ4v) is 6.68. The molecule has 0 saturated carbocycles. The lowest BCUT2D eigenvalue weighted by Crippen LogP contribution is -2.40. The van der Waals surface area contributed by atoms with Crippen molar-refractivity contribution in [2.75, 3.05) is 13.1 Å². The Morgan fingerprint density at radius 3 is 2.49 bits per heavy atom. The summed E-state index contributed by atoms with van der Waals surface area (Å²) in [4.78, 5) is 26.1. The molecule has 1 N–H and O–H groups in total. The van der Waals surface area contributed by atoms with Crippen molar-refractivity contribution in [2.24, 2.45) is 0 Å². The highest BCUT2D eigenvalue weighted by molar-refractivity contribution is 8.18. The maximum atomic E-state index is 11.8. The molecule has 0 radical (unpaired) electrons. The van der Waals surface area contributed by atoms with E-state index in [9.17, 15) is 9.59 Å². The number of rotatable bonds is 8. The monoisotopic (exact) mass is 596 g/mol. The number of aryl methyl sites for hydroxylation is 3. The summed E-state index contributed by atoms with van der Waals surface area (Å²) < 4.78 is 19.2. The second-order valence-electron chi connectivity index (χ2n) is 11.4. The number of imide groups is 1. The Bertz CT molecular complexity index is 1710. The number of nitrogens with zero attached hydrogens (tertiary/aromatic N) is 1. The number of amides is 2.